The molecule has 0 atom stereocenters. The number of nitrogens with zero attached hydrogens (tertiary/aromatic N) is 2. The van der Waals surface area contributed by atoms with Gasteiger partial charge in [0.2, 0.25) is 0 Å². The molecule has 2 heterocycles. The van der Waals surface area contributed by atoms with Crippen LogP contribution in [0.2, 0.25) is 0 Å². The van der Waals surface area contributed by atoms with Gasteiger partial charge in [-0.1, -0.05) is 0 Å². The topological polar surface area (TPSA) is 53.5 Å². The van der Waals surface area contributed by atoms with Gasteiger partial charge in [0, 0.05) is 18.6 Å². The lowest BCUT2D eigenvalue weighted by Crippen LogP contribution is -2.41. The molecule has 5 nitrogen and oxygen atoms in total. The predicted octanol–water partition coefficient (Wildman–Crippen LogP) is 2.21. The summed E-state index contributed by atoms with van der Waals surface area (Å²) in [4.78, 5) is 8.80. The van der Waals surface area contributed by atoms with Crippen LogP contribution in [0, 0.1) is 5.82 Å². The Labute approximate surface area is 135 Å². The molecule has 0 N–H and O–H groups in total. The first-order chi connectivity index (χ1) is 10.7. The number of hydrogen-bond acceptors (Lipinski definition) is 5. The van der Waals surface area contributed by atoms with Crippen LogP contribution in [-0.2, 0) is 20.7 Å². The summed E-state index contributed by atoms with van der Waals surface area (Å²) < 4.78 is 31.1. The predicted molar refractivity (Wildman–Crippen MR) is 85.9 cm³/mol. The molecule has 2 aromatic rings. The first kappa shape index (κ1) is 16.3. The Morgan fingerprint density at radius 3 is 2.43 bits per heavy atom. The largest absolute Gasteiger partial charge is 0.497 e. The van der Waals surface area contributed by atoms with Gasteiger partial charge in [-0.3, -0.25) is 4.98 Å². The molecule has 122 valence electrons. The molecule has 23 heavy (non-hydrogen) atoms. The van der Waals surface area contributed by atoms with Crippen molar-refractivity contribution in [3.63, 3.8) is 0 Å². The second-order valence-electron chi connectivity index (χ2n) is 6.75. The van der Waals surface area contributed by atoms with Gasteiger partial charge in [0.05, 0.1) is 40.7 Å². The van der Waals surface area contributed by atoms with E-state index < -0.39 is 24.1 Å². The van der Waals surface area contributed by atoms with Crippen LogP contribution in [-0.4, -0.2) is 35.4 Å². The molecule has 1 aliphatic rings. The van der Waals surface area contributed by atoms with Gasteiger partial charge in [0.1, 0.15) is 5.82 Å². The summed E-state index contributed by atoms with van der Waals surface area (Å²) in [6.45, 7) is 8.15. The molecule has 3 rings (SSSR count). The minimum atomic E-state index is -0.680. The van der Waals surface area contributed by atoms with Crippen LogP contribution in [0.3, 0.4) is 0 Å². The third-order valence-corrected chi connectivity index (χ3v) is 4.49. The Morgan fingerprint density at radius 2 is 1.83 bits per heavy atom. The van der Waals surface area contributed by atoms with Gasteiger partial charge in [-0.15, -0.1) is 0 Å². The van der Waals surface area contributed by atoms with E-state index in [2.05, 4.69) is 9.97 Å². The Kier molecular flexibility index (Phi) is 3.90. The third kappa shape index (κ3) is 2.84. The van der Waals surface area contributed by atoms with Crippen LogP contribution in [0.15, 0.2) is 18.3 Å². The molecular weight excluding hydrogens is 298 g/mol. The lowest BCUT2D eigenvalue weighted by molar-refractivity contribution is 0.00578. The fraction of sp³-hybridized carbons (Fsp3) is 0.500. The Hall–Kier alpha value is -1.57. The molecule has 1 aliphatic heterocycles. The molecule has 0 bridgehead atoms. The zero-order valence-electron chi connectivity index (χ0n) is 14.0. The molecule has 0 aliphatic carbocycles. The molecule has 1 aromatic heterocycles. The third-order valence-electron chi connectivity index (χ3n) is 4.49. The first-order valence-corrected chi connectivity index (χ1v) is 7.53. The van der Waals surface area contributed by atoms with Gasteiger partial charge >= 0.3 is 7.12 Å². The van der Waals surface area contributed by atoms with Gasteiger partial charge in [-0.25, -0.2) is 9.37 Å². The zero-order chi connectivity index (χ0) is 16.8. The lowest BCUT2D eigenvalue weighted by Gasteiger charge is -2.32. The first-order valence-electron chi connectivity index (χ1n) is 7.53. The van der Waals surface area contributed by atoms with E-state index in [1.54, 1.807) is 13.3 Å². The highest BCUT2D eigenvalue weighted by Gasteiger charge is 2.52. The average Bonchev–Trinajstić information content (AvgIpc) is 2.66. The van der Waals surface area contributed by atoms with Gasteiger partial charge in [0.25, 0.3) is 0 Å². The number of ether oxygens (including phenoxy) is 1. The van der Waals surface area contributed by atoms with Crippen LogP contribution in [0.25, 0.3) is 11.0 Å². The molecule has 7 heteroatoms. The fourth-order valence-electron chi connectivity index (χ4n) is 2.52. The van der Waals surface area contributed by atoms with Crippen molar-refractivity contribution in [3.8, 4) is 0 Å². The Morgan fingerprint density at radius 1 is 1.17 bits per heavy atom. The minimum absolute atomic E-state index is 0.325. The van der Waals surface area contributed by atoms with E-state index in [1.165, 1.54) is 12.1 Å². The van der Waals surface area contributed by atoms with Gasteiger partial charge in [-0.2, -0.15) is 0 Å². The van der Waals surface area contributed by atoms with Crippen molar-refractivity contribution in [2.45, 2.75) is 45.5 Å². The van der Waals surface area contributed by atoms with E-state index in [4.69, 9.17) is 14.0 Å². The van der Waals surface area contributed by atoms with Crippen molar-refractivity contribution in [1.82, 2.24) is 9.97 Å². The van der Waals surface area contributed by atoms with E-state index in [9.17, 15) is 4.39 Å². The Balaban J connectivity index is 2.08. The molecule has 0 unspecified atom stereocenters. The molecule has 0 radical (unpaired) electrons. The summed E-state index contributed by atoms with van der Waals surface area (Å²) in [6, 6.07) is 2.76. The maximum atomic E-state index is 14.0. The molecule has 1 saturated heterocycles. The highest BCUT2D eigenvalue weighted by atomic mass is 19.1. The second kappa shape index (κ2) is 5.51. The van der Waals surface area contributed by atoms with E-state index >= 15 is 0 Å². The summed E-state index contributed by atoms with van der Waals surface area (Å²) in [5.41, 5.74) is 1.23. The maximum absolute atomic E-state index is 14.0. The molecule has 1 aromatic carbocycles. The highest BCUT2D eigenvalue weighted by Crippen LogP contribution is 2.36. The molecule has 0 saturated carbocycles. The van der Waals surface area contributed by atoms with Crippen molar-refractivity contribution in [1.29, 1.82) is 0 Å². The minimum Gasteiger partial charge on any atom is -0.399 e. The number of benzene rings is 1. The van der Waals surface area contributed by atoms with Crippen molar-refractivity contribution >= 4 is 23.6 Å². The maximum Gasteiger partial charge on any atom is 0.497 e. The van der Waals surface area contributed by atoms with E-state index in [1.807, 2.05) is 27.7 Å². The van der Waals surface area contributed by atoms with Crippen molar-refractivity contribution < 1.29 is 18.4 Å². The number of rotatable bonds is 3. The SMILES string of the molecule is COCc1cnc2c(B3OC(C)(C)C(C)(C)O3)cc(F)cc2n1. The number of aromatic nitrogens is 2. The van der Waals surface area contributed by atoms with Gasteiger partial charge in [-0.05, 0) is 33.8 Å². The van der Waals surface area contributed by atoms with E-state index in [-0.39, 0.29) is 0 Å². The quantitative estimate of drug-likeness (QED) is 0.812. The average molecular weight is 318 g/mol. The summed E-state index contributed by atoms with van der Waals surface area (Å²) in [5, 5.41) is 0. The van der Waals surface area contributed by atoms with Crippen LogP contribution in [0.4, 0.5) is 4.39 Å². The zero-order valence-corrected chi connectivity index (χ0v) is 14.0. The summed E-state index contributed by atoms with van der Waals surface area (Å²) in [6.07, 6.45) is 1.62. The molecule has 0 amide bonds. The molecular formula is C16H20BFN2O3. The van der Waals surface area contributed by atoms with Gasteiger partial charge < -0.3 is 14.0 Å². The van der Waals surface area contributed by atoms with Crippen LogP contribution < -0.4 is 5.46 Å². The number of methoxy groups -OCH3 is 1. The molecule has 0 spiro atoms. The van der Waals surface area contributed by atoms with E-state index in [0.717, 1.165) is 0 Å². The summed E-state index contributed by atoms with van der Waals surface area (Å²) >= 11 is 0. The van der Waals surface area contributed by atoms with Crippen LogP contribution >= 0.6 is 0 Å². The summed E-state index contributed by atoms with van der Waals surface area (Å²) in [5.74, 6) is -0.397. The lowest BCUT2D eigenvalue weighted by atomic mass is 9.78. The van der Waals surface area contributed by atoms with E-state index in [0.29, 0.717) is 28.8 Å². The standard InChI is InChI=1S/C16H20BFN2O3/c1-15(2)16(3,4)23-17(22-15)12-6-10(18)7-13-14(12)19-8-11(20-13)9-21-5/h6-8H,9H2,1-5H3. The highest BCUT2D eigenvalue weighted by molar-refractivity contribution is 6.64. The van der Waals surface area contributed by atoms with Crippen LogP contribution in [0.1, 0.15) is 33.4 Å². The van der Waals surface area contributed by atoms with Crippen molar-refractivity contribution in [2.24, 2.45) is 0 Å². The summed E-state index contributed by atoms with van der Waals surface area (Å²) in [7, 11) is 0.897. The molecule has 1 fully saturated rings. The Bertz CT molecular complexity index is 735. The van der Waals surface area contributed by atoms with Gasteiger partial charge in [0.15, 0.2) is 0 Å². The number of fused-ring (bicyclic) bond motifs is 1. The number of hydrogen-bond donors (Lipinski definition) is 0. The van der Waals surface area contributed by atoms with Crippen LogP contribution in [0.5, 0.6) is 0 Å². The van der Waals surface area contributed by atoms with Crippen molar-refractivity contribution in [2.75, 3.05) is 7.11 Å². The fourth-order valence-corrected chi connectivity index (χ4v) is 2.52. The monoisotopic (exact) mass is 318 g/mol. The smallest absolute Gasteiger partial charge is 0.399 e. The van der Waals surface area contributed by atoms with Crippen molar-refractivity contribution in [3.05, 3.63) is 29.8 Å². The number of halogens is 1. The normalized spacial score (nSPS) is 19.5. The second-order valence-corrected chi connectivity index (χ2v) is 6.75.